The van der Waals surface area contributed by atoms with Gasteiger partial charge in [0.1, 0.15) is 0 Å². The molecule has 0 radical (unpaired) electrons. The summed E-state index contributed by atoms with van der Waals surface area (Å²) in [6.07, 6.45) is 1.85. The molecular weight excluding hydrogens is 394 g/mol. The number of hydrogen-bond acceptors (Lipinski definition) is 5. The van der Waals surface area contributed by atoms with Crippen molar-refractivity contribution in [3.8, 4) is 28.3 Å². The average molecular weight is 421 g/mol. The molecule has 1 aliphatic rings. The van der Waals surface area contributed by atoms with Crippen LogP contribution in [0.2, 0.25) is 0 Å². The fraction of sp³-hybridized carbons (Fsp3) is 0.333. The smallest absolute Gasteiger partial charge is 0.275 e. The van der Waals surface area contributed by atoms with Gasteiger partial charge in [-0.15, -0.1) is 0 Å². The topological polar surface area (TPSA) is 65.8 Å². The molecule has 2 unspecified atom stereocenters. The number of rotatable bonds is 5. The number of ether oxygens (including phenoxy) is 3. The predicted molar refractivity (Wildman–Crippen MR) is 118 cm³/mol. The van der Waals surface area contributed by atoms with Crippen molar-refractivity contribution in [2.24, 2.45) is 0 Å². The van der Waals surface area contributed by atoms with Gasteiger partial charge in [-0.1, -0.05) is 24.3 Å². The molecule has 1 aromatic heterocycles. The maximum absolute atomic E-state index is 13.5. The van der Waals surface area contributed by atoms with Crippen LogP contribution in [0, 0.1) is 0 Å². The molecule has 0 bridgehead atoms. The Balaban J connectivity index is 1.80. The molecule has 4 rings (SSSR count). The summed E-state index contributed by atoms with van der Waals surface area (Å²) in [5, 5.41) is 4.69. The molecule has 162 valence electrons. The molecule has 31 heavy (non-hydrogen) atoms. The van der Waals surface area contributed by atoms with Crippen molar-refractivity contribution < 1.29 is 19.0 Å². The van der Waals surface area contributed by atoms with Crippen LogP contribution in [0.1, 0.15) is 24.3 Å². The van der Waals surface area contributed by atoms with E-state index >= 15 is 0 Å². The van der Waals surface area contributed by atoms with Crippen LogP contribution in [0.15, 0.2) is 54.7 Å². The quantitative estimate of drug-likeness (QED) is 0.627. The number of morpholine rings is 1. The number of para-hydroxylation sites is 1. The number of nitrogens with zero attached hydrogens (tertiary/aromatic N) is 3. The highest BCUT2D eigenvalue weighted by atomic mass is 16.5. The average Bonchev–Trinajstić information content (AvgIpc) is 3.23. The van der Waals surface area contributed by atoms with Crippen molar-refractivity contribution >= 4 is 5.91 Å². The first-order valence-corrected chi connectivity index (χ1v) is 10.3. The van der Waals surface area contributed by atoms with Crippen LogP contribution >= 0.6 is 0 Å². The third-order valence-corrected chi connectivity index (χ3v) is 5.34. The second kappa shape index (κ2) is 8.81. The van der Waals surface area contributed by atoms with E-state index in [0.717, 1.165) is 16.8 Å². The van der Waals surface area contributed by atoms with Crippen LogP contribution in [0.3, 0.4) is 0 Å². The molecule has 2 aromatic carbocycles. The standard InChI is InChI=1S/C24H27N3O4/c1-16-13-26(14-17(2)31-16)24(28)23-20(15-27(25-23)19-8-6-5-7-9-19)18-10-11-21(29-3)22(12-18)30-4/h5-12,15-17H,13-14H2,1-4H3. The molecule has 0 spiro atoms. The molecule has 1 amide bonds. The number of amides is 1. The zero-order chi connectivity index (χ0) is 22.0. The largest absolute Gasteiger partial charge is 0.493 e. The fourth-order valence-electron chi connectivity index (χ4n) is 3.95. The van der Waals surface area contributed by atoms with Crippen LogP contribution in [0.25, 0.3) is 16.8 Å². The van der Waals surface area contributed by atoms with Gasteiger partial charge in [0.2, 0.25) is 0 Å². The number of benzene rings is 2. The third-order valence-electron chi connectivity index (χ3n) is 5.34. The summed E-state index contributed by atoms with van der Waals surface area (Å²) in [6, 6.07) is 15.4. The highest BCUT2D eigenvalue weighted by Crippen LogP contribution is 2.34. The highest BCUT2D eigenvalue weighted by molar-refractivity contribution is 5.99. The first-order valence-electron chi connectivity index (χ1n) is 10.3. The Bertz CT molecular complexity index is 1050. The van der Waals surface area contributed by atoms with Gasteiger partial charge in [-0.2, -0.15) is 5.10 Å². The van der Waals surface area contributed by atoms with E-state index in [4.69, 9.17) is 19.3 Å². The summed E-state index contributed by atoms with van der Waals surface area (Å²) in [6.45, 7) is 5.03. The Labute approximate surface area is 182 Å². The van der Waals surface area contributed by atoms with Crippen molar-refractivity contribution in [2.45, 2.75) is 26.1 Å². The Morgan fingerprint density at radius 2 is 1.68 bits per heavy atom. The summed E-state index contributed by atoms with van der Waals surface area (Å²) in [5.74, 6) is 1.12. The van der Waals surface area contributed by atoms with Gasteiger partial charge in [0.05, 0.1) is 32.1 Å². The van der Waals surface area contributed by atoms with Gasteiger partial charge in [0.15, 0.2) is 17.2 Å². The van der Waals surface area contributed by atoms with E-state index in [2.05, 4.69) is 0 Å². The Hall–Kier alpha value is -3.32. The maximum Gasteiger partial charge on any atom is 0.275 e. The Kier molecular flexibility index (Phi) is 5.95. The minimum Gasteiger partial charge on any atom is -0.493 e. The molecule has 0 saturated carbocycles. The molecule has 3 aromatic rings. The first kappa shape index (κ1) is 20.9. The van der Waals surface area contributed by atoms with Gasteiger partial charge in [0, 0.05) is 24.8 Å². The normalized spacial score (nSPS) is 18.6. The van der Waals surface area contributed by atoms with Crippen molar-refractivity contribution in [3.63, 3.8) is 0 Å². The second-order valence-corrected chi connectivity index (χ2v) is 7.71. The number of carbonyl (C=O) groups excluding carboxylic acids is 1. The van der Waals surface area contributed by atoms with Crippen molar-refractivity contribution in [1.29, 1.82) is 0 Å². The van der Waals surface area contributed by atoms with E-state index in [1.807, 2.05) is 73.5 Å². The molecule has 0 N–H and O–H groups in total. The van der Waals surface area contributed by atoms with E-state index in [9.17, 15) is 4.79 Å². The van der Waals surface area contributed by atoms with Crippen LogP contribution in [0.4, 0.5) is 0 Å². The fourth-order valence-corrected chi connectivity index (χ4v) is 3.95. The van der Waals surface area contributed by atoms with Gasteiger partial charge < -0.3 is 19.1 Å². The lowest BCUT2D eigenvalue weighted by atomic mass is 10.0. The Morgan fingerprint density at radius 1 is 1.00 bits per heavy atom. The summed E-state index contributed by atoms with van der Waals surface area (Å²) < 4.78 is 18.4. The number of carbonyl (C=O) groups is 1. The Morgan fingerprint density at radius 3 is 2.32 bits per heavy atom. The number of methoxy groups -OCH3 is 2. The summed E-state index contributed by atoms with van der Waals surface area (Å²) in [7, 11) is 3.19. The van der Waals surface area contributed by atoms with E-state index in [0.29, 0.717) is 30.3 Å². The predicted octanol–water partition coefficient (Wildman–Crippen LogP) is 3.81. The molecule has 7 nitrogen and oxygen atoms in total. The SMILES string of the molecule is COc1ccc(-c2cn(-c3ccccc3)nc2C(=O)N2CC(C)OC(C)C2)cc1OC. The summed E-state index contributed by atoms with van der Waals surface area (Å²) in [4.78, 5) is 15.4. The van der Waals surface area contributed by atoms with E-state index in [1.165, 1.54) is 0 Å². The van der Waals surface area contributed by atoms with Crippen LogP contribution in [-0.2, 0) is 4.74 Å². The van der Waals surface area contributed by atoms with Crippen molar-refractivity contribution in [2.75, 3.05) is 27.3 Å². The van der Waals surface area contributed by atoms with Crippen LogP contribution < -0.4 is 9.47 Å². The molecule has 0 aliphatic carbocycles. The molecule has 7 heteroatoms. The number of hydrogen-bond donors (Lipinski definition) is 0. The second-order valence-electron chi connectivity index (χ2n) is 7.71. The third kappa shape index (κ3) is 4.27. The van der Waals surface area contributed by atoms with Gasteiger partial charge >= 0.3 is 0 Å². The molecule has 1 saturated heterocycles. The minimum atomic E-state index is -0.110. The van der Waals surface area contributed by atoms with Gasteiger partial charge in [-0.25, -0.2) is 4.68 Å². The summed E-state index contributed by atoms with van der Waals surface area (Å²) >= 11 is 0. The van der Waals surface area contributed by atoms with E-state index in [-0.39, 0.29) is 18.1 Å². The van der Waals surface area contributed by atoms with E-state index in [1.54, 1.807) is 18.9 Å². The zero-order valence-electron chi connectivity index (χ0n) is 18.2. The maximum atomic E-state index is 13.5. The minimum absolute atomic E-state index is 0.0200. The summed E-state index contributed by atoms with van der Waals surface area (Å²) in [5.41, 5.74) is 2.85. The van der Waals surface area contributed by atoms with Crippen molar-refractivity contribution in [1.82, 2.24) is 14.7 Å². The monoisotopic (exact) mass is 421 g/mol. The molecule has 1 aliphatic heterocycles. The van der Waals surface area contributed by atoms with Crippen LogP contribution in [0.5, 0.6) is 11.5 Å². The lowest BCUT2D eigenvalue weighted by molar-refractivity contribution is -0.0587. The highest BCUT2D eigenvalue weighted by Gasteiger charge is 2.30. The molecule has 2 atom stereocenters. The lowest BCUT2D eigenvalue weighted by Crippen LogP contribution is -2.48. The molecule has 1 fully saturated rings. The number of aromatic nitrogens is 2. The van der Waals surface area contributed by atoms with Crippen LogP contribution in [-0.4, -0.2) is 60.1 Å². The zero-order valence-corrected chi connectivity index (χ0v) is 18.2. The van der Waals surface area contributed by atoms with Crippen molar-refractivity contribution in [3.05, 3.63) is 60.4 Å². The van der Waals surface area contributed by atoms with E-state index < -0.39 is 0 Å². The first-order chi connectivity index (χ1) is 15.0. The van der Waals surface area contributed by atoms with Gasteiger partial charge in [0.25, 0.3) is 5.91 Å². The van der Waals surface area contributed by atoms with Gasteiger partial charge in [-0.3, -0.25) is 4.79 Å². The lowest BCUT2D eigenvalue weighted by Gasteiger charge is -2.35. The molecular formula is C24H27N3O4. The molecule has 2 heterocycles. The van der Waals surface area contributed by atoms with Gasteiger partial charge in [-0.05, 0) is 43.7 Å².